The molecule has 0 aromatic heterocycles. The highest BCUT2D eigenvalue weighted by Gasteiger charge is 2.16. The lowest BCUT2D eigenvalue weighted by Crippen LogP contribution is -2.21. The summed E-state index contributed by atoms with van der Waals surface area (Å²) < 4.78 is 27.6. The second-order valence-electron chi connectivity index (χ2n) is 3.76. The standard InChI is InChI=1S/C10H21NO4S/c1-9(2)11-5-7-15-6-4-8-16(13,14)10(3)12/h10,12H,4-8H2,1-3H3. The summed E-state index contributed by atoms with van der Waals surface area (Å²) in [4.78, 5) is 4.13. The van der Waals surface area contributed by atoms with E-state index in [1.54, 1.807) is 0 Å². The number of rotatable bonds is 8. The van der Waals surface area contributed by atoms with Gasteiger partial charge in [0.15, 0.2) is 15.3 Å². The summed E-state index contributed by atoms with van der Waals surface area (Å²) in [5.41, 5.74) is -0.292. The molecule has 0 aliphatic carbocycles. The van der Waals surface area contributed by atoms with Crippen LogP contribution in [0.15, 0.2) is 4.99 Å². The zero-order chi connectivity index (χ0) is 12.6. The van der Waals surface area contributed by atoms with E-state index in [0.29, 0.717) is 26.2 Å². The van der Waals surface area contributed by atoms with Gasteiger partial charge in [0.25, 0.3) is 0 Å². The molecule has 0 bridgehead atoms. The summed E-state index contributed by atoms with van der Waals surface area (Å²) in [6.07, 6.45) is 0.405. The molecule has 5 nitrogen and oxygen atoms in total. The minimum Gasteiger partial charge on any atom is -0.379 e. The topological polar surface area (TPSA) is 76.0 Å². The molecule has 0 aromatic rings. The molecule has 0 heterocycles. The van der Waals surface area contributed by atoms with Gasteiger partial charge in [-0.3, -0.25) is 4.99 Å². The summed E-state index contributed by atoms with van der Waals surface area (Å²) in [6.45, 7) is 6.56. The molecule has 0 rings (SSSR count). The van der Waals surface area contributed by atoms with Gasteiger partial charge >= 0.3 is 0 Å². The van der Waals surface area contributed by atoms with Crippen molar-refractivity contribution in [1.29, 1.82) is 0 Å². The number of aliphatic hydroxyl groups excluding tert-OH is 1. The highest BCUT2D eigenvalue weighted by molar-refractivity contribution is 7.91. The Hall–Kier alpha value is -0.460. The van der Waals surface area contributed by atoms with Crippen molar-refractivity contribution in [3.05, 3.63) is 0 Å². The average molecular weight is 251 g/mol. The number of nitrogens with zero attached hydrogens (tertiary/aromatic N) is 1. The van der Waals surface area contributed by atoms with Crippen LogP contribution in [0.5, 0.6) is 0 Å². The molecular formula is C10H21NO4S. The SMILES string of the molecule is CC(C)=NCCOCCCS(=O)(=O)C(C)O. The smallest absolute Gasteiger partial charge is 0.176 e. The molecule has 0 aromatic carbocycles. The third-order valence-corrected chi connectivity index (χ3v) is 3.80. The lowest BCUT2D eigenvalue weighted by atomic mass is 10.5. The van der Waals surface area contributed by atoms with E-state index < -0.39 is 15.3 Å². The number of sulfone groups is 1. The molecule has 1 unspecified atom stereocenters. The molecule has 0 radical (unpaired) electrons. The Bertz CT molecular complexity index is 305. The minimum atomic E-state index is -3.36. The van der Waals surface area contributed by atoms with E-state index in [9.17, 15) is 8.42 Å². The Morgan fingerprint density at radius 3 is 2.50 bits per heavy atom. The van der Waals surface area contributed by atoms with Crippen molar-refractivity contribution in [2.75, 3.05) is 25.5 Å². The summed E-state index contributed by atoms with van der Waals surface area (Å²) in [5, 5.41) is 8.94. The van der Waals surface area contributed by atoms with Gasteiger partial charge in [0.05, 0.1) is 18.9 Å². The Labute approximate surface area is 97.5 Å². The van der Waals surface area contributed by atoms with E-state index in [2.05, 4.69) is 4.99 Å². The van der Waals surface area contributed by atoms with Crippen molar-refractivity contribution in [2.45, 2.75) is 32.6 Å². The monoisotopic (exact) mass is 251 g/mol. The van der Waals surface area contributed by atoms with Gasteiger partial charge in [-0.1, -0.05) is 0 Å². The first-order chi connectivity index (χ1) is 7.36. The Morgan fingerprint density at radius 1 is 1.38 bits per heavy atom. The van der Waals surface area contributed by atoms with Crippen LogP contribution >= 0.6 is 0 Å². The number of aliphatic hydroxyl groups is 1. The van der Waals surface area contributed by atoms with Gasteiger partial charge in [0, 0.05) is 12.3 Å². The molecular weight excluding hydrogens is 230 g/mol. The fraction of sp³-hybridized carbons (Fsp3) is 0.900. The van der Waals surface area contributed by atoms with E-state index in [1.165, 1.54) is 6.92 Å². The predicted molar refractivity (Wildman–Crippen MR) is 64.6 cm³/mol. The molecule has 0 amide bonds. The first-order valence-corrected chi connectivity index (χ1v) is 7.03. The molecule has 0 saturated carbocycles. The molecule has 1 N–H and O–H groups in total. The zero-order valence-electron chi connectivity index (χ0n) is 10.1. The molecule has 96 valence electrons. The molecule has 0 fully saturated rings. The van der Waals surface area contributed by atoms with Gasteiger partial charge in [-0.25, -0.2) is 8.42 Å². The Morgan fingerprint density at radius 2 is 2.00 bits per heavy atom. The van der Waals surface area contributed by atoms with Crippen LogP contribution in [0.1, 0.15) is 27.2 Å². The molecule has 0 aliphatic heterocycles. The number of aliphatic imine (C=N–C) groups is 1. The summed E-state index contributed by atoms with van der Waals surface area (Å²) in [5.74, 6) is -0.0409. The van der Waals surface area contributed by atoms with Crippen LogP contribution in [0.3, 0.4) is 0 Å². The quantitative estimate of drug-likeness (QED) is 0.507. The predicted octanol–water partition coefficient (Wildman–Crippen LogP) is 0.627. The van der Waals surface area contributed by atoms with Gasteiger partial charge < -0.3 is 9.84 Å². The Balaban J connectivity index is 3.52. The maximum Gasteiger partial charge on any atom is 0.176 e. The molecule has 0 aliphatic rings. The maximum absolute atomic E-state index is 11.2. The van der Waals surface area contributed by atoms with Crippen molar-refractivity contribution in [1.82, 2.24) is 0 Å². The van der Waals surface area contributed by atoms with Crippen LogP contribution < -0.4 is 0 Å². The van der Waals surface area contributed by atoms with Gasteiger partial charge in [0.1, 0.15) is 0 Å². The van der Waals surface area contributed by atoms with Crippen LogP contribution in [0.4, 0.5) is 0 Å². The Kier molecular flexibility index (Phi) is 7.53. The summed E-state index contributed by atoms with van der Waals surface area (Å²) in [6, 6.07) is 0. The van der Waals surface area contributed by atoms with Gasteiger partial charge in [-0.2, -0.15) is 0 Å². The largest absolute Gasteiger partial charge is 0.379 e. The van der Waals surface area contributed by atoms with Crippen molar-refractivity contribution >= 4 is 15.5 Å². The van der Waals surface area contributed by atoms with Crippen LogP contribution in [-0.2, 0) is 14.6 Å². The number of hydrogen-bond donors (Lipinski definition) is 1. The average Bonchev–Trinajstić information content (AvgIpc) is 2.15. The highest BCUT2D eigenvalue weighted by atomic mass is 32.2. The van der Waals surface area contributed by atoms with Crippen molar-refractivity contribution < 1.29 is 18.3 Å². The van der Waals surface area contributed by atoms with Crippen LogP contribution in [0.2, 0.25) is 0 Å². The normalized spacial score (nSPS) is 13.5. The zero-order valence-corrected chi connectivity index (χ0v) is 11.0. The fourth-order valence-corrected chi connectivity index (χ4v) is 1.83. The van der Waals surface area contributed by atoms with E-state index in [4.69, 9.17) is 9.84 Å². The van der Waals surface area contributed by atoms with Gasteiger partial charge in [0.2, 0.25) is 0 Å². The minimum absolute atomic E-state index is 0.0409. The number of ether oxygens (including phenoxy) is 1. The summed E-state index contributed by atoms with van der Waals surface area (Å²) >= 11 is 0. The molecule has 16 heavy (non-hydrogen) atoms. The first-order valence-electron chi connectivity index (χ1n) is 5.31. The maximum atomic E-state index is 11.2. The van der Waals surface area contributed by atoms with E-state index in [0.717, 1.165) is 5.71 Å². The second kappa shape index (κ2) is 7.76. The molecule has 0 spiro atoms. The van der Waals surface area contributed by atoms with E-state index in [-0.39, 0.29) is 5.75 Å². The van der Waals surface area contributed by atoms with Crippen molar-refractivity contribution in [3.63, 3.8) is 0 Å². The lowest BCUT2D eigenvalue weighted by Gasteiger charge is -2.06. The van der Waals surface area contributed by atoms with Crippen molar-refractivity contribution in [3.8, 4) is 0 Å². The molecule has 0 saturated heterocycles. The van der Waals surface area contributed by atoms with Crippen molar-refractivity contribution in [2.24, 2.45) is 4.99 Å². The molecule has 1 atom stereocenters. The van der Waals surface area contributed by atoms with Gasteiger partial charge in [-0.05, 0) is 27.2 Å². The van der Waals surface area contributed by atoms with Crippen LogP contribution in [-0.4, -0.2) is 50.2 Å². The van der Waals surface area contributed by atoms with E-state index in [1.807, 2.05) is 13.8 Å². The molecule has 6 heteroatoms. The second-order valence-corrected chi connectivity index (χ2v) is 6.18. The highest BCUT2D eigenvalue weighted by Crippen LogP contribution is 2.00. The third-order valence-electron chi connectivity index (χ3n) is 1.90. The first kappa shape index (κ1) is 15.5. The van der Waals surface area contributed by atoms with E-state index >= 15 is 0 Å². The third kappa shape index (κ3) is 7.78. The van der Waals surface area contributed by atoms with Crippen LogP contribution in [0.25, 0.3) is 0 Å². The van der Waals surface area contributed by atoms with Gasteiger partial charge in [-0.15, -0.1) is 0 Å². The number of hydrogen-bond acceptors (Lipinski definition) is 5. The van der Waals surface area contributed by atoms with Crippen LogP contribution in [0, 0.1) is 0 Å². The lowest BCUT2D eigenvalue weighted by molar-refractivity contribution is 0.142. The summed E-state index contributed by atoms with van der Waals surface area (Å²) in [7, 11) is -3.36. The fourth-order valence-electron chi connectivity index (χ4n) is 0.969.